The number of hydrogen-bond acceptors (Lipinski definition) is 6. The van der Waals surface area contributed by atoms with Gasteiger partial charge in [-0.2, -0.15) is 0 Å². The number of sulfonamides is 1. The van der Waals surface area contributed by atoms with Crippen LogP contribution in [0.5, 0.6) is 17.2 Å². The second-order valence-corrected chi connectivity index (χ2v) is 9.53. The summed E-state index contributed by atoms with van der Waals surface area (Å²) < 4.78 is 43.9. The van der Waals surface area contributed by atoms with Gasteiger partial charge in [0.1, 0.15) is 12.3 Å². The Bertz CT molecular complexity index is 1230. The van der Waals surface area contributed by atoms with Gasteiger partial charge in [-0.3, -0.25) is 9.10 Å². The second-order valence-electron chi connectivity index (χ2n) is 7.67. The zero-order valence-corrected chi connectivity index (χ0v) is 21.0. The molecule has 0 heterocycles. The van der Waals surface area contributed by atoms with E-state index in [1.165, 1.54) is 19.2 Å². The number of carbonyl (C=O) groups is 1. The van der Waals surface area contributed by atoms with Crippen molar-refractivity contribution in [3.8, 4) is 17.2 Å². The molecule has 0 saturated heterocycles. The molecule has 0 aliphatic heterocycles. The second kappa shape index (κ2) is 11.6. The van der Waals surface area contributed by atoms with Crippen LogP contribution in [0.3, 0.4) is 0 Å². The third kappa shape index (κ3) is 6.05. The molecule has 8 nitrogen and oxygen atoms in total. The van der Waals surface area contributed by atoms with Crippen LogP contribution in [0, 0.1) is 0 Å². The number of hydrogen-bond donors (Lipinski definition) is 1. The van der Waals surface area contributed by atoms with Crippen LogP contribution in [0.2, 0.25) is 0 Å². The molecule has 1 atom stereocenters. The summed E-state index contributed by atoms with van der Waals surface area (Å²) in [5, 5.41) is 2.95. The van der Waals surface area contributed by atoms with Crippen LogP contribution >= 0.6 is 0 Å². The number of nitrogens with zero attached hydrogens (tertiary/aromatic N) is 1. The van der Waals surface area contributed by atoms with Crippen LogP contribution in [-0.2, 0) is 14.8 Å². The van der Waals surface area contributed by atoms with Gasteiger partial charge in [0.25, 0.3) is 10.0 Å². The van der Waals surface area contributed by atoms with E-state index in [1.54, 1.807) is 68.8 Å². The molecule has 35 heavy (non-hydrogen) atoms. The highest BCUT2D eigenvalue weighted by atomic mass is 32.2. The molecule has 1 amide bonds. The van der Waals surface area contributed by atoms with Crippen molar-refractivity contribution in [1.29, 1.82) is 0 Å². The lowest BCUT2D eigenvalue weighted by Crippen LogP contribution is -2.42. The molecule has 3 aromatic rings. The third-order valence-corrected chi connectivity index (χ3v) is 7.32. The lowest BCUT2D eigenvalue weighted by Gasteiger charge is -2.26. The summed E-state index contributed by atoms with van der Waals surface area (Å²) in [7, 11) is 0.584. The minimum Gasteiger partial charge on any atom is -0.497 e. The number of para-hydroxylation sites is 1. The van der Waals surface area contributed by atoms with Gasteiger partial charge in [0.05, 0.1) is 38.0 Å². The summed E-state index contributed by atoms with van der Waals surface area (Å²) >= 11 is 0. The van der Waals surface area contributed by atoms with Crippen molar-refractivity contribution in [2.75, 3.05) is 32.2 Å². The van der Waals surface area contributed by atoms with Crippen molar-refractivity contribution >= 4 is 21.6 Å². The SMILES string of the molecule is CCC(NC(=O)CN(c1ccccc1)S(=O)(=O)c1ccc(OC)cc1)c1ccc(OC)c(OC)c1. The molecule has 0 aliphatic carbocycles. The Morgan fingerprint density at radius 2 is 1.54 bits per heavy atom. The van der Waals surface area contributed by atoms with Gasteiger partial charge in [0.2, 0.25) is 5.91 Å². The number of anilines is 1. The van der Waals surface area contributed by atoms with Gasteiger partial charge in [0, 0.05) is 0 Å². The number of nitrogens with one attached hydrogen (secondary N) is 1. The molecule has 0 aliphatic rings. The van der Waals surface area contributed by atoms with E-state index in [-0.39, 0.29) is 17.5 Å². The molecule has 3 rings (SSSR count). The number of methoxy groups -OCH3 is 3. The molecular weight excluding hydrogens is 468 g/mol. The average molecular weight is 499 g/mol. The Labute approximate surface area is 206 Å². The largest absolute Gasteiger partial charge is 0.497 e. The molecule has 0 bridgehead atoms. The van der Waals surface area contributed by atoms with Gasteiger partial charge in [-0.25, -0.2) is 8.42 Å². The predicted octanol–water partition coefficient (Wildman–Crippen LogP) is 4.18. The molecule has 9 heteroatoms. The summed E-state index contributed by atoms with van der Waals surface area (Å²) in [5.74, 6) is 1.23. The maximum atomic E-state index is 13.5. The molecule has 0 aromatic heterocycles. The minimum atomic E-state index is -4.02. The van der Waals surface area contributed by atoms with Gasteiger partial charge in [0.15, 0.2) is 11.5 Å². The molecule has 186 valence electrons. The van der Waals surface area contributed by atoms with Crippen LogP contribution in [0.4, 0.5) is 5.69 Å². The van der Waals surface area contributed by atoms with Crippen molar-refractivity contribution in [2.24, 2.45) is 0 Å². The molecule has 1 unspecified atom stereocenters. The fraction of sp³-hybridized carbons (Fsp3) is 0.269. The van der Waals surface area contributed by atoms with Crippen LogP contribution in [0.1, 0.15) is 24.9 Å². The normalized spacial score (nSPS) is 11.9. The summed E-state index contributed by atoms with van der Waals surface area (Å²) in [6, 6.07) is 19.7. The summed E-state index contributed by atoms with van der Waals surface area (Å²) in [6.45, 7) is 1.55. The van der Waals surface area contributed by atoms with Gasteiger partial charge in [-0.1, -0.05) is 31.2 Å². The Morgan fingerprint density at radius 1 is 0.886 bits per heavy atom. The van der Waals surface area contributed by atoms with Gasteiger partial charge in [-0.15, -0.1) is 0 Å². The monoisotopic (exact) mass is 498 g/mol. The Hall–Kier alpha value is -3.72. The quantitative estimate of drug-likeness (QED) is 0.426. The third-order valence-electron chi connectivity index (χ3n) is 5.53. The highest BCUT2D eigenvalue weighted by Crippen LogP contribution is 2.31. The topological polar surface area (TPSA) is 94.2 Å². The zero-order chi connectivity index (χ0) is 25.4. The van der Waals surface area contributed by atoms with E-state index in [1.807, 2.05) is 13.0 Å². The average Bonchev–Trinajstić information content (AvgIpc) is 2.90. The molecule has 0 spiro atoms. The van der Waals surface area contributed by atoms with Crippen LogP contribution in [0.15, 0.2) is 77.7 Å². The number of rotatable bonds is 11. The molecule has 0 radical (unpaired) electrons. The lowest BCUT2D eigenvalue weighted by molar-refractivity contribution is -0.120. The van der Waals surface area contributed by atoms with Crippen molar-refractivity contribution in [3.05, 3.63) is 78.4 Å². The zero-order valence-electron chi connectivity index (χ0n) is 20.2. The smallest absolute Gasteiger partial charge is 0.264 e. The van der Waals surface area contributed by atoms with Crippen LogP contribution in [0.25, 0.3) is 0 Å². The minimum absolute atomic E-state index is 0.0573. The Balaban J connectivity index is 1.88. The summed E-state index contributed by atoms with van der Waals surface area (Å²) in [6.07, 6.45) is 0.595. The Kier molecular flexibility index (Phi) is 8.59. The van der Waals surface area contributed by atoms with E-state index in [9.17, 15) is 13.2 Å². The number of ether oxygens (including phenoxy) is 3. The van der Waals surface area contributed by atoms with Crippen LogP contribution < -0.4 is 23.8 Å². The van der Waals surface area contributed by atoms with E-state index in [0.29, 0.717) is 29.4 Å². The number of benzene rings is 3. The summed E-state index contributed by atoms with van der Waals surface area (Å²) in [4.78, 5) is 13.2. The first-order chi connectivity index (χ1) is 16.8. The Morgan fingerprint density at radius 3 is 2.11 bits per heavy atom. The fourth-order valence-electron chi connectivity index (χ4n) is 3.65. The molecular formula is C26H30N2O6S. The number of amides is 1. The summed E-state index contributed by atoms with van der Waals surface area (Å²) in [5.41, 5.74) is 1.21. The highest BCUT2D eigenvalue weighted by molar-refractivity contribution is 7.92. The van der Waals surface area contributed by atoms with E-state index < -0.39 is 15.9 Å². The molecule has 1 N–H and O–H groups in total. The first-order valence-electron chi connectivity index (χ1n) is 11.1. The van der Waals surface area contributed by atoms with Gasteiger partial charge < -0.3 is 19.5 Å². The predicted molar refractivity (Wildman–Crippen MR) is 135 cm³/mol. The van der Waals surface area contributed by atoms with E-state index >= 15 is 0 Å². The first kappa shape index (κ1) is 25.9. The van der Waals surface area contributed by atoms with Crippen molar-refractivity contribution in [3.63, 3.8) is 0 Å². The first-order valence-corrected chi connectivity index (χ1v) is 12.5. The lowest BCUT2D eigenvalue weighted by atomic mass is 10.0. The van der Waals surface area contributed by atoms with E-state index in [2.05, 4.69) is 5.32 Å². The van der Waals surface area contributed by atoms with Crippen LogP contribution in [-0.4, -0.2) is 42.2 Å². The van der Waals surface area contributed by atoms with Crippen molar-refractivity contribution in [1.82, 2.24) is 5.32 Å². The fourth-order valence-corrected chi connectivity index (χ4v) is 5.07. The maximum absolute atomic E-state index is 13.5. The molecule has 0 fully saturated rings. The van der Waals surface area contributed by atoms with Crippen molar-refractivity contribution < 1.29 is 27.4 Å². The number of carbonyl (C=O) groups excluding carboxylic acids is 1. The standard InChI is InChI=1S/C26H30N2O6S/c1-5-23(19-11-16-24(33-3)25(17-19)34-4)27-26(29)18-28(20-9-7-6-8-10-20)35(30,31)22-14-12-21(32-2)13-15-22/h6-17,23H,5,18H2,1-4H3,(H,27,29). The molecule has 3 aromatic carbocycles. The van der Waals surface area contributed by atoms with E-state index in [4.69, 9.17) is 14.2 Å². The van der Waals surface area contributed by atoms with Gasteiger partial charge in [-0.05, 0) is 60.5 Å². The van der Waals surface area contributed by atoms with Crippen molar-refractivity contribution in [2.45, 2.75) is 24.3 Å². The highest BCUT2D eigenvalue weighted by Gasteiger charge is 2.28. The van der Waals surface area contributed by atoms with E-state index in [0.717, 1.165) is 9.87 Å². The van der Waals surface area contributed by atoms with Gasteiger partial charge >= 0.3 is 0 Å². The molecule has 0 saturated carbocycles. The maximum Gasteiger partial charge on any atom is 0.264 e.